The van der Waals surface area contributed by atoms with Crippen molar-refractivity contribution in [2.75, 3.05) is 16.8 Å². The molecule has 5 rings (SSSR count). The SMILES string of the molecule is Cc1cccc(N2C(=O)/C(=C3/Sc4ccc(Cl)cc4N3C)SC2=NCc2ccccc2)c1. The molecule has 0 bridgehead atoms. The van der Waals surface area contributed by atoms with E-state index in [9.17, 15) is 4.79 Å². The summed E-state index contributed by atoms with van der Waals surface area (Å²) in [7, 11) is 1.97. The maximum Gasteiger partial charge on any atom is 0.274 e. The predicted octanol–water partition coefficient (Wildman–Crippen LogP) is 6.70. The van der Waals surface area contributed by atoms with Gasteiger partial charge in [-0.3, -0.25) is 14.7 Å². The summed E-state index contributed by atoms with van der Waals surface area (Å²) in [6, 6.07) is 23.9. The van der Waals surface area contributed by atoms with E-state index in [1.54, 1.807) is 16.7 Å². The Balaban J connectivity index is 1.56. The van der Waals surface area contributed by atoms with Crippen molar-refractivity contribution in [3.05, 3.63) is 98.9 Å². The molecule has 2 aliphatic heterocycles. The number of rotatable bonds is 3. The van der Waals surface area contributed by atoms with Crippen LogP contribution in [0.2, 0.25) is 5.02 Å². The van der Waals surface area contributed by atoms with Crippen molar-refractivity contribution in [2.24, 2.45) is 4.99 Å². The maximum absolute atomic E-state index is 13.7. The molecule has 2 heterocycles. The molecule has 7 heteroatoms. The fraction of sp³-hybridized carbons (Fsp3) is 0.120. The van der Waals surface area contributed by atoms with Gasteiger partial charge in [0.05, 0.1) is 22.9 Å². The lowest BCUT2D eigenvalue weighted by Gasteiger charge is -2.17. The molecule has 0 saturated carbocycles. The van der Waals surface area contributed by atoms with Crippen LogP contribution in [0.15, 0.2) is 92.6 Å². The zero-order valence-electron chi connectivity index (χ0n) is 17.6. The lowest BCUT2D eigenvalue weighted by Crippen LogP contribution is -2.29. The minimum absolute atomic E-state index is 0.0549. The molecular weight excluding hydrogens is 458 g/mol. The monoisotopic (exact) mass is 477 g/mol. The van der Waals surface area contributed by atoms with Gasteiger partial charge in [-0.05, 0) is 60.1 Å². The lowest BCUT2D eigenvalue weighted by atomic mass is 10.2. The standard InChI is InChI=1S/C25H20ClN3OS2/c1-16-7-6-10-19(13-16)29-23(30)22(32-25(29)27-15-17-8-4-3-5-9-17)24-28(2)20-14-18(26)11-12-21(20)31-24/h3-14H,15H2,1-2H3/b24-22-,27-25?. The Bertz CT molecular complexity index is 1270. The molecule has 0 spiro atoms. The third-order valence-electron chi connectivity index (χ3n) is 5.27. The Hall–Kier alpha value is -2.67. The number of halogens is 1. The molecule has 0 N–H and O–H groups in total. The largest absolute Gasteiger partial charge is 0.337 e. The van der Waals surface area contributed by atoms with E-state index in [0.717, 1.165) is 32.4 Å². The van der Waals surface area contributed by atoms with E-state index in [1.807, 2.05) is 91.7 Å². The molecule has 32 heavy (non-hydrogen) atoms. The van der Waals surface area contributed by atoms with Gasteiger partial charge in [-0.25, -0.2) is 0 Å². The van der Waals surface area contributed by atoms with Gasteiger partial charge < -0.3 is 4.90 Å². The van der Waals surface area contributed by atoms with Crippen LogP contribution < -0.4 is 9.80 Å². The Morgan fingerprint density at radius 3 is 2.56 bits per heavy atom. The average Bonchev–Trinajstić information content (AvgIpc) is 3.29. The molecule has 3 aromatic rings. The Kier molecular flexibility index (Phi) is 5.76. The van der Waals surface area contributed by atoms with Crippen molar-refractivity contribution in [2.45, 2.75) is 18.4 Å². The van der Waals surface area contributed by atoms with Crippen LogP contribution in [0, 0.1) is 6.92 Å². The van der Waals surface area contributed by atoms with E-state index in [0.29, 0.717) is 21.6 Å². The molecule has 0 aromatic heterocycles. The minimum Gasteiger partial charge on any atom is -0.337 e. The van der Waals surface area contributed by atoms with Crippen LogP contribution >= 0.6 is 35.1 Å². The number of aryl methyl sites for hydroxylation is 1. The Morgan fingerprint density at radius 1 is 0.969 bits per heavy atom. The topological polar surface area (TPSA) is 35.9 Å². The fourth-order valence-electron chi connectivity index (χ4n) is 3.66. The number of aliphatic imine (C=N–C) groups is 1. The van der Waals surface area contributed by atoms with E-state index in [1.165, 1.54) is 11.8 Å². The van der Waals surface area contributed by atoms with Gasteiger partial charge in [0.2, 0.25) is 0 Å². The number of benzene rings is 3. The first kappa shape index (κ1) is 21.2. The first-order valence-corrected chi connectivity index (χ1v) is 12.1. The molecule has 0 atom stereocenters. The summed E-state index contributed by atoms with van der Waals surface area (Å²) >= 11 is 9.24. The highest BCUT2D eigenvalue weighted by molar-refractivity contribution is 8.20. The number of amidine groups is 1. The van der Waals surface area contributed by atoms with Crippen LogP contribution in [-0.2, 0) is 11.3 Å². The lowest BCUT2D eigenvalue weighted by molar-refractivity contribution is -0.113. The quantitative estimate of drug-likeness (QED) is 0.393. The molecule has 0 radical (unpaired) electrons. The first-order chi connectivity index (χ1) is 15.5. The van der Waals surface area contributed by atoms with Crippen molar-refractivity contribution >= 4 is 57.6 Å². The van der Waals surface area contributed by atoms with Gasteiger partial charge in [0.25, 0.3) is 5.91 Å². The first-order valence-electron chi connectivity index (χ1n) is 10.1. The van der Waals surface area contributed by atoms with Crippen LogP contribution in [0.3, 0.4) is 0 Å². The molecule has 4 nitrogen and oxygen atoms in total. The van der Waals surface area contributed by atoms with Crippen LogP contribution in [0.1, 0.15) is 11.1 Å². The predicted molar refractivity (Wildman–Crippen MR) is 137 cm³/mol. The molecule has 160 valence electrons. The highest BCUT2D eigenvalue weighted by atomic mass is 35.5. The van der Waals surface area contributed by atoms with Gasteiger partial charge in [-0.1, -0.05) is 65.8 Å². The van der Waals surface area contributed by atoms with Gasteiger partial charge in [-0.2, -0.15) is 0 Å². The van der Waals surface area contributed by atoms with Gasteiger partial charge in [0.15, 0.2) is 5.17 Å². The van der Waals surface area contributed by atoms with Crippen molar-refractivity contribution < 1.29 is 4.79 Å². The molecule has 3 aromatic carbocycles. The number of amides is 1. The highest BCUT2D eigenvalue weighted by Gasteiger charge is 2.40. The zero-order chi connectivity index (χ0) is 22.2. The van der Waals surface area contributed by atoms with Crippen molar-refractivity contribution in [3.63, 3.8) is 0 Å². The average molecular weight is 478 g/mol. The smallest absolute Gasteiger partial charge is 0.274 e. The molecule has 1 fully saturated rings. The van der Waals surface area contributed by atoms with Gasteiger partial charge in [0, 0.05) is 17.0 Å². The highest BCUT2D eigenvalue weighted by Crippen LogP contribution is 2.51. The number of carbonyl (C=O) groups excluding carboxylic acids is 1. The molecule has 0 unspecified atom stereocenters. The summed E-state index contributed by atoms with van der Waals surface area (Å²) in [6.45, 7) is 2.54. The normalized spacial score (nSPS) is 19.2. The number of nitrogens with zero attached hydrogens (tertiary/aromatic N) is 3. The number of anilines is 2. The third-order valence-corrected chi connectivity index (χ3v) is 7.94. The molecule has 2 aliphatic rings. The second-order valence-electron chi connectivity index (χ2n) is 7.57. The molecular formula is C25H20ClN3OS2. The van der Waals surface area contributed by atoms with E-state index in [2.05, 4.69) is 0 Å². The summed E-state index contributed by atoms with van der Waals surface area (Å²) in [4.78, 5) is 24.1. The van der Waals surface area contributed by atoms with E-state index < -0.39 is 0 Å². The number of hydrogen-bond acceptors (Lipinski definition) is 5. The Morgan fingerprint density at radius 2 is 1.78 bits per heavy atom. The number of hydrogen-bond donors (Lipinski definition) is 0. The van der Waals surface area contributed by atoms with Crippen molar-refractivity contribution in [1.29, 1.82) is 0 Å². The number of fused-ring (bicyclic) bond motifs is 1. The summed E-state index contributed by atoms with van der Waals surface area (Å²) in [5.41, 5.74) is 4.04. The van der Waals surface area contributed by atoms with Crippen molar-refractivity contribution in [1.82, 2.24) is 0 Å². The molecule has 1 saturated heterocycles. The third kappa shape index (κ3) is 3.94. The van der Waals surface area contributed by atoms with Gasteiger partial charge in [-0.15, -0.1) is 0 Å². The molecule has 1 amide bonds. The Labute approximate surface area is 201 Å². The fourth-order valence-corrected chi connectivity index (χ4v) is 6.13. The maximum atomic E-state index is 13.7. The second-order valence-corrected chi connectivity index (χ2v) is 10.0. The molecule has 0 aliphatic carbocycles. The van der Waals surface area contributed by atoms with E-state index >= 15 is 0 Å². The summed E-state index contributed by atoms with van der Waals surface area (Å²) in [5, 5.41) is 2.27. The van der Waals surface area contributed by atoms with Gasteiger partial charge in [0.1, 0.15) is 4.91 Å². The zero-order valence-corrected chi connectivity index (χ0v) is 20.0. The summed E-state index contributed by atoms with van der Waals surface area (Å²) in [5.74, 6) is -0.0549. The van der Waals surface area contributed by atoms with Gasteiger partial charge >= 0.3 is 0 Å². The summed E-state index contributed by atoms with van der Waals surface area (Å²) in [6.07, 6.45) is 0. The second kappa shape index (κ2) is 8.70. The van der Waals surface area contributed by atoms with Crippen molar-refractivity contribution in [3.8, 4) is 0 Å². The minimum atomic E-state index is -0.0549. The number of carbonyl (C=O) groups is 1. The van der Waals surface area contributed by atoms with E-state index in [-0.39, 0.29) is 5.91 Å². The van der Waals surface area contributed by atoms with Crippen LogP contribution in [-0.4, -0.2) is 18.1 Å². The van der Waals surface area contributed by atoms with Crippen LogP contribution in [0.5, 0.6) is 0 Å². The number of thioether (sulfide) groups is 2. The summed E-state index contributed by atoms with van der Waals surface area (Å²) < 4.78 is 0. The van der Waals surface area contributed by atoms with E-state index in [4.69, 9.17) is 16.6 Å². The van der Waals surface area contributed by atoms with Crippen LogP contribution in [0.25, 0.3) is 0 Å². The van der Waals surface area contributed by atoms with Crippen LogP contribution in [0.4, 0.5) is 11.4 Å².